The first-order valence-corrected chi connectivity index (χ1v) is 6.57. The number of ether oxygens (including phenoxy) is 1. The van der Waals surface area contributed by atoms with Crippen molar-refractivity contribution in [3.05, 3.63) is 29.6 Å². The Balaban J connectivity index is 2.33. The highest BCUT2D eigenvalue weighted by atomic mass is 19.1. The third kappa shape index (κ3) is 5.54. The van der Waals surface area contributed by atoms with Crippen LogP contribution in [0.15, 0.2) is 18.2 Å². The van der Waals surface area contributed by atoms with Gasteiger partial charge in [-0.1, -0.05) is 6.07 Å². The van der Waals surface area contributed by atoms with Crippen molar-refractivity contribution < 1.29 is 13.9 Å². The van der Waals surface area contributed by atoms with Crippen LogP contribution in [0.1, 0.15) is 24.8 Å². The summed E-state index contributed by atoms with van der Waals surface area (Å²) in [7, 11) is 3.41. The van der Waals surface area contributed by atoms with Crippen molar-refractivity contribution in [3.8, 4) is 5.75 Å². The molecule has 1 amide bonds. The van der Waals surface area contributed by atoms with Gasteiger partial charge in [0.25, 0.3) is 0 Å². The first-order chi connectivity index (χ1) is 9.56. The van der Waals surface area contributed by atoms with E-state index in [9.17, 15) is 9.18 Å². The Morgan fingerprint density at radius 3 is 2.80 bits per heavy atom. The van der Waals surface area contributed by atoms with Crippen LogP contribution in [-0.4, -0.2) is 31.5 Å². The molecular formula is C14H22FN3O2. The number of amides is 1. The highest BCUT2D eigenvalue weighted by Gasteiger charge is 2.06. The van der Waals surface area contributed by atoms with Gasteiger partial charge in [0.2, 0.25) is 5.91 Å². The van der Waals surface area contributed by atoms with E-state index in [1.54, 1.807) is 6.07 Å². The second kappa shape index (κ2) is 8.50. The van der Waals surface area contributed by atoms with Crippen LogP contribution in [0.4, 0.5) is 4.39 Å². The number of unbranched alkanes of at least 4 members (excludes halogenated alkanes) is 1. The van der Waals surface area contributed by atoms with Crippen molar-refractivity contribution in [2.75, 3.05) is 20.7 Å². The first kappa shape index (κ1) is 16.4. The molecule has 0 bridgehead atoms. The molecular weight excluding hydrogens is 261 g/mol. The Labute approximate surface area is 118 Å². The standard InChI is InChI=1S/C14H22FN3O2/c1-18(8-4-3-5-14(19)17-16)10-11-6-7-13(20-2)12(15)9-11/h6-7,9H,3-5,8,10,16H2,1-2H3,(H,17,19). The van der Waals surface area contributed by atoms with Crippen LogP contribution in [0, 0.1) is 5.82 Å². The third-order valence-corrected chi connectivity index (χ3v) is 3.02. The van der Waals surface area contributed by atoms with Crippen molar-refractivity contribution in [2.45, 2.75) is 25.8 Å². The van der Waals surface area contributed by atoms with Crippen molar-refractivity contribution >= 4 is 5.91 Å². The predicted molar refractivity (Wildman–Crippen MR) is 75.5 cm³/mol. The molecule has 0 aliphatic rings. The lowest BCUT2D eigenvalue weighted by atomic mass is 10.2. The smallest absolute Gasteiger partial charge is 0.233 e. The lowest BCUT2D eigenvalue weighted by Gasteiger charge is -2.16. The average Bonchev–Trinajstić information content (AvgIpc) is 2.43. The van der Waals surface area contributed by atoms with Gasteiger partial charge in [-0.25, -0.2) is 10.2 Å². The summed E-state index contributed by atoms with van der Waals surface area (Å²) in [6.45, 7) is 1.50. The molecule has 5 nitrogen and oxygen atoms in total. The fourth-order valence-electron chi connectivity index (χ4n) is 1.94. The molecule has 1 rings (SSSR count). The summed E-state index contributed by atoms with van der Waals surface area (Å²) in [4.78, 5) is 13.0. The largest absolute Gasteiger partial charge is 0.494 e. The van der Waals surface area contributed by atoms with E-state index in [2.05, 4.69) is 10.3 Å². The number of rotatable bonds is 8. The Kier molecular flexibility index (Phi) is 6.97. The van der Waals surface area contributed by atoms with Gasteiger partial charge in [0.05, 0.1) is 7.11 Å². The number of carbonyl (C=O) groups excluding carboxylic acids is 1. The Morgan fingerprint density at radius 1 is 1.45 bits per heavy atom. The van der Waals surface area contributed by atoms with Gasteiger partial charge in [0, 0.05) is 13.0 Å². The number of hydrazine groups is 1. The summed E-state index contributed by atoms with van der Waals surface area (Å²) in [5.41, 5.74) is 3.00. The lowest BCUT2D eigenvalue weighted by Crippen LogP contribution is -2.29. The van der Waals surface area contributed by atoms with Crippen molar-refractivity contribution in [2.24, 2.45) is 5.84 Å². The number of nitrogens with zero attached hydrogens (tertiary/aromatic N) is 1. The number of carbonyl (C=O) groups is 1. The molecule has 0 aliphatic heterocycles. The molecule has 0 aromatic heterocycles. The van der Waals surface area contributed by atoms with Crippen molar-refractivity contribution in [1.29, 1.82) is 0 Å². The molecule has 0 aliphatic carbocycles. The van der Waals surface area contributed by atoms with E-state index < -0.39 is 0 Å². The lowest BCUT2D eigenvalue weighted by molar-refractivity contribution is -0.121. The van der Waals surface area contributed by atoms with E-state index in [4.69, 9.17) is 10.6 Å². The van der Waals surface area contributed by atoms with E-state index in [0.29, 0.717) is 13.0 Å². The fourth-order valence-corrected chi connectivity index (χ4v) is 1.94. The van der Waals surface area contributed by atoms with Crippen LogP contribution >= 0.6 is 0 Å². The monoisotopic (exact) mass is 283 g/mol. The Hall–Kier alpha value is -1.66. The minimum atomic E-state index is -0.349. The molecule has 0 saturated heterocycles. The number of benzene rings is 1. The maximum absolute atomic E-state index is 13.5. The maximum atomic E-state index is 13.5. The number of nitrogens with two attached hydrogens (primary N) is 1. The highest BCUT2D eigenvalue weighted by molar-refractivity contribution is 5.75. The van der Waals surface area contributed by atoms with Crippen molar-refractivity contribution in [1.82, 2.24) is 10.3 Å². The van der Waals surface area contributed by atoms with Gasteiger partial charge in [-0.3, -0.25) is 10.2 Å². The third-order valence-electron chi connectivity index (χ3n) is 3.02. The molecule has 0 heterocycles. The Bertz CT molecular complexity index is 440. The molecule has 0 atom stereocenters. The Morgan fingerprint density at radius 2 is 2.20 bits per heavy atom. The van der Waals surface area contributed by atoms with E-state index in [1.807, 2.05) is 13.1 Å². The second-order valence-corrected chi connectivity index (χ2v) is 4.73. The van der Waals surface area contributed by atoms with Gasteiger partial charge in [0.15, 0.2) is 11.6 Å². The van der Waals surface area contributed by atoms with E-state index in [-0.39, 0.29) is 17.5 Å². The fraction of sp³-hybridized carbons (Fsp3) is 0.500. The molecule has 0 radical (unpaired) electrons. The highest BCUT2D eigenvalue weighted by Crippen LogP contribution is 2.18. The predicted octanol–water partition coefficient (Wildman–Crippen LogP) is 1.43. The van der Waals surface area contributed by atoms with Crippen LogP contribution in [0.25, 0.3) is 0 Å². The number of hydrogen-bond donors (Lipinski definition) is 2. The summed E-state index contributed by atoms with van der Waals surface area (Å²) >= 11 is 0. The zero-order chi connectivity index (χ0) is 15.0. The molecule has 0 spiro atoms. The summed E-state index contributed by atoms with van der Waals surface area (Å²) in [6, 6.07) is 4.96. The second-order valence-electron chi connectivity index (χ2n) is 4.73. The van der Waals surface area contributed by atoms with Gasteiger partial charge in [-0.2, -0.15) is 0 Å². The minimum Gasteiger partial charge on any atom is -0.494 e. The molecule has 0 unspecified atom stereocenters. The van der Waals surface area contributed by atoms with Crippen LogP contribution in [-0.2, 0) is 11.3 Å². The maximum Gasteiger partial charge on any atom is 0.233 e. The quantitative estimate of drug-likeness (QED) is 0.328. The first-order valence-electron chi connectivity index (χ1n) is 6.57. The zero-order valence-corrected chi connectivity index (χ0v) is 12.0. The molecule has 0 fully saturated rings. The molecule has 0 saturated carbocycles. The molecule has 112 valence electrons. The van der Waals surface area contributed by atoms with Gasteiger partial charge in [-0.05, 0) is 44.1 Å². The zero-order valence-electron chi connectivity index (χ0n) is 12.0. The minimum absolute atomic E-state index is 0.148. The summed E-state index contributed by atoms with van der Waals surface area (Å²) in [5, 5.41) is 0. The van der Waals surface area contributed by atoms with Gasteiger partial charge in [0.1, 0.15) is 0 Å². The van der Waals surface area contributed by atoms with E-state index >= 15 is 0 Å². The topological polar surface area (TPSA) is 67.6 Å². The molecule has 20 heavy (non-hydrogen) atoms. The molecule has 3 N–H and O–H groups in total. The molecule has 1 aromatic carbocycles. The summed E-state index contributed by atoms with van der Waals surface area (Å²) < 4.78 is 18.4. The van der Waals surface area contributed by atoms with Gasteiger partial charge in [-0.15, -0.1) is 0 Å². The summed E-state index contributed by atoms with van der Waals surface area (Å²) in [5.74, 6) is 4.75. The van der Waals surface area contributed by atoms with Gasteiger partial charge >= 0.3 is 0 Å². The van der Waals surface area contributed by atoms with Gasteiger partial charge < -0.3 is 9.64 Å². The van der Waals surface area contributed by atoms with Crippen LogP contribution < -0.4 is 16.0 Å². The molecule has 6 heteroatoms. The summed E-state index contributed by atoms with van der Waals surface area (Å²) in [6.07, 6.45) is 2.11. The van der Waals surface area contributed by atoms with Crippen LogP contribution in [0.3, 0.4) is 0 Å². The number of nitrogens with one attached hydrogen (secondary N) is 1. The average molecular weight is 283 g/mol. The number of halogens is 1. The normalized spacial score (nSPS) is 10.7. The van der Waals surface area contributed by atoms with E-state index in [0.717, 1.165) is 24.9 Å². The number of methoxy groups -OCH3 is 1. The van der Waals surface area contributed by atoms with Crippen LogP contribution in [0.2, 0.25) is 0 Å². The van der Waals surface area contributed by atoms with Crippen LogP contribution in [0.5, 0.6) is 5.75 Å². The SMILES string of the molecule is COc1ccc(CN(C)CCCCC(=O)NN)cc1F. The molecule has 1 aromatic rings. The number of hydrogen-bond acceptors (Lipinski definition) is 4. The van der Waals surface area contributed by atoms with E-state index in [1.165, 1.54) is 13.2 Å². The van der Waals surface area contributed by atoms with Crippen molar-refractivity contribution in [3.63, 3.8) is 0 Å².